The molecule has 0 fully saturated rings. The number of anilines is 2. The molecule has 19 heavy (non-hydrogen) atoms. The molecule has 0 radical (unpaired) electrons. The Hall–Kier alpha value is -1.32. The lowest BCUT2D eigenvalue weighted by molar-refractivity contribution is 0.711. The Labute approximate surface area is 117 Å². The van der Waals surface area contributed by atoms with E-state index < -0.39 is 0 Å². The van der Waals surface area contributed by atoms with Gasteiger partial charge in [-0.25, -0.2) is 9.97 Å². The summed E-state index contributed by atoms with van der Waals surface area (Å²) in [6.07, 6.45) is 4.08. The number of hydrogen-bond donors (Lipinski definition) is 1. The van der Waals surface area contributed by atoms with Crippen molar-refractivity contribution < 1.29 is 0 Å². The lowest BCUT2D eigenvalue weighted by Crippen LogP contribution is -2.27. The van der Waals surface area contributed by atoms with Crippen LogP contribution >= 0.6 is 0 Å². The van der Waals surface area contributed by atoms with Crippen LogP contribution in [0.3, 0.4) is 0 Å². The Balaban J connectivity index is 3.12. The summed E-state index contributed by atoms with van der Waals surface area (Å²) < 4.78 is 0. The van der Waals surface area contributed by atoms with Gasteiger partial charge in [-0.05, 0) is 26.2 Å². The summed E-state index contributed by atoms with van der Waals surface area (Å²) in [5, 5.41) is 3.36. The van der Waals surface area contributed by atoms with Crippen LogP contribution in [0.25, 0.3) is 0 Å². The van der Waals surface area contributed by atoms with Crippen molar-refractivity contribution in [2.24, 2.45) is 0 Å². The molecule has 0 aromatic carbocycles. The lowest BCUT2D eigenvalue weighted by atomic mass is 10.0. The van der Waals surface area contributed by atoms with Gasteiger partial charge >= 0.3 is 0 Å². The molecule has 0 spiro atoms. The minimum absolute atomic E-state index is 0.418. The van der Waals surface area contributed by atoms with Crippen LogP contribution in [0.4, 0.5) is 11.6 Å². The van der Waals surface area contributed by atoms with Gasteiger partial charge in [-0.1, -0.05) is 27.2 Å². The fourth-order valence-corrected chi connectivity index (χ4v) is 2.24. The van der Waals surface area contributed by atoms with Crippen molar-refractivity contribution in [2.75, 3.05) is 29.9 Å². The first-order chi connectivity index (χ1) is 9.15. The molecule has 1 rings (SSSR count). The van der Waals surface area contributed by atoms with Gasteiger partial charge in [0.1, 0.15) is 18.0 Å². The van der Waals surface area contributed by atoms with E-state index >= 15 is 0 Å². The largest absolute Gasteiger partial charge is 0.370 e. The summed E-state index contributed by atoms with van der Waals surface area (Å²) >= 11 is 0. The first-order valence-electron chi connectivity index (χ1n) is 7.49. The van der Waals surface area contributed by atoms with Gasteiger partial charge in [-0.3, -0.25) is 0 Å². The standard InChI is InChI=1S/C15H28N4/c1-6-9-10-19(8-3)15-13(12(4)5)14(16-7-2)17-11-18-15/h11-12H,6-10H2,1-5H3,(H,16,17,18). The van der Waals surface area contributed by atoms with E-state index in [-0.39, 0.29) is 0 Å². The van der Waals surface area contributed by atoms with E-state index in [0.717, 1.165) is 31.3 Å². The van der Waals surface area contributed by atoms with E-state index in [4.69, 9.17) is 0 Å². The number of nitrogens with zero attached hydrogens (tertiary/aromatic N) is 3. The van der Waals surface area contributed by atoms with Crippen LogP contribution in [0, 0.1) is 0 Å². The van der Waals surface area contributed by atoms with Gasteiger partial charge in [0.25, 0.3) is 0 Å². The molecule has 4 nitrogen and oxygen atoms in total. The summed E-state index contributed by atoms with van der Waals surface area (Å²) in [7, 11) is 0. The Morgan fingerprint density at radius 3 is 2.47 bits per heavy atom. The van der Waals surface area contributed by atoms with E-state index in [2.05, 4.69) is 54.8 Å². The van der Waals surface area contributed by atoms with Gasteiger partial charge in [0, 0.05) is 25.2 Å². The summed E-state index contributed by atoms with van der Waals surface area (Å²) in [4.78, 5) is 11.3. The van der Waals surface area contributed by atoms with Gasteiger partial charge in [-0.15, -0.1) is 0 Å². The number of unbranched alkanes of at least 4 members (excludes halogenated alkanes) is 1. The molecule has 0 atom stereocenters. The van der Waals surface area contributed by atoms with Crippen molar-refractivity contribution in [3.05, 3.63) is 11.9 Å². The molecule has 0 unspecified atom stereocenters. The molecule has 0 amide bonds. The van der Waals surface area contributed by atoms with Gasteiger partial charge in [0.05, 0.1) is 0 Å². The zero-order valence-corrected chi connectivity index (χ0v) is 13.0. The minimum Gasteiger partial charge on any atom is -0.370 e. The van der Waals surface area contributed by atoms with Gasteiger partial charge in [0.2, 0.25) is 0 Å². The minimum atomic E-state index is 0.418. The first kappa shape index (κ1) is 15.7. The number of nitrogens with one attached hydrogen (secondary N) is 1. The van der Waals surface area contributed by atoms with Crippen molar-refractivity contribution in [3.63, 3.8) is 0 Å². The van der Waals surface area contributed by atoms with Crippen molar-refractivity contribution in [1.29, 1.82) is 0 Å². The van der Waals surface area contributed by atoms with E-state index in [1.54, 1.807) is 6.33 Å². The highest BCUT2D eigenvalue weighted by Crippen LogP contribution is 2.30. The highest BCUT2D eigenvalue weighted by Gasteiger charge is 2.18. The first-order valence-corrected chi connectivity index (χ1v) is 7.49. The van der Waals surface area contributed by atoms with Crippen molar-refractivity contribution >= 4 is 11.6 Å². The van der Waals surface area contributed by atoms with Crippen molar-refractivity contribution in [2.45, 2.75) is 53.4 Å². The lowest BCUT2D eigenvalue weighted by Gasteiger charge is -2.26. The molecule has 0 saturated carbocycles. The highest BCUT2D eigenvalue weighted by atomic mass is 15.2. The highest BCUT2D eigenvalue weighted by molar-refractivity contribution is 5.60. The zero-order valence-electron chi connectivity index (χ0n) is 13.0. The monoisotopic (exact) mass is 264 g/mol. The van der Waals surface area contributed by atoms with E-state index in [9.17, 15) is 0 Å². The molecule has 4 heteroatoms. The predicted octanol–water partition coefficient (Wildman–Crippen LogP) is 3.66. The van der Waals surface area contributed by atoms with Crippen LogP contribution < -0.4 is 10.2 Å². The molecule has 1 aromatic rings. The predicted molar refractivity (Wildman–Crippen MR) is 83.1 cm³/mol. The molecule has 0 saturated heterocycles. The Kier molecular flexibility index (Phi) is 6.60. The van der Waals surface area contributed by atoms with Crippen LogP contribution in [-0.2, 0) is 0 Å². The van der Waals surface area contributed by atoms with Gasteiger partial charge in [0.15, 0.2) is 0 Å². The number of hydrogen-bond acceptors (Lipinski definition) is 4. The molecule has 108 valence electrons. The number of rotatable bonds is 8. The Bertz CT molecular complexity index is 376. The molecule has 1 N–H and O–H groups in total. The third-order valence-corrected chi connectivity index (χ3v) is 3.25. The smallest absolute Gasteiger partial charge is 0.137 e. The quantitative estimate of drug-likeness (QED) is 0.778. The maximum absolute atomic E-state index is 4.54. The molecule has 0 aliphatic rings. The van der Waals surface area contributed by atoms with Crippen LogP contribution in [-0.4, -0.2) is 29.6 Å². The topological polar surface area (TPSA) is 41.1 Å². The normalized spacial score (nSPS) is 10.8. The van der Waals surface area contributed by atoms with Crippen LogP contribution in [0.1, 0.15) is 58.9 Å². The fraction of sp³-hybridized carbons (Fsp3) is 0.733. The molecule has 0 bridgehead atoms. The van der Waals surface area contributed by atoms with E-state index in [1.807, 2.05) is 0 Å². The zero-order chi connectivity index (χ0) is 14.3. The molecule has 1 aromatic heterocycles. The van der Waals surface area contributed by atoms with Crippen LogP contribution in [0.5, 0.6) is 0 Å². The third kappa shape index (κ3) is 4.08. The van der Waals surface area contributed by atoms with E-state index in [1.165, 1.54) is 18.4 Å². The van der Waals surface area contributed by atoms with Crippen molar-refractivity contribution in [1.82, 2.24) is 9.97 Å². The second kappa shape index (κ2) is 7.97. The maximum Gasteiger partial charge on any atom is 0.137 e. The third-order valence-electron chi connectivity index (χ3n) is 3.25. The maximum atomic E-state index is 4.54. The molecular formula is C15H28N4. The summed E-state index contributed by atoms with van der Waals surface area (Å²) in [6.45, 7) is 13.9. The summed E-state index contributed by atoms with van der Waals surface area (Å²) in [5.74, 6) is 2.50. The average Bonchev–Trinajstić information content (AvgIpc) is 2.40. The van der Waals surface area contributed by atoms with E-state index in [0.29, 0.717) is 5.92 Å². The Morgan fingerprint density at radius 1 is 1.21 bits per heavy atom. The summed E-state index contributed by atoms with van der Waals surface area (Å²) in [6, 6.07) is 0. The molecule has 0 aliphatic carbocycles. The second-order valence-corrected chi connectivity index (χ2v) is 5.08. The van der Waals surface area contributed by atoms with Gasteiger partial charge in [-0.2, -0.15) is 0 Å². The molecule has 1 heterocycles. The van der Waals surface area contributed by atoms with Crippen LogP contribution in [0.2, 0.25) is 0 Å². The Morgan fingerprint density at radius 2 is 1.95 bits per heavy atom. The fourth-order valence-electron chi connectivity index (χ4n) is 2.24. The SMILES string of the molecule is CCCCN(CC)c1ncnc(NCC)c1C(C)C. The average molecular weight is 264 g/mol. The second-order valence-electron chi connectivity index (χ2n) is 5.08. The van der Waals surface area contributed by atoms with Crippen LogP contribution in [0.15, 0.2) is 6.33 Å². The number of aromatic nitrogens is 2. The van der Waals surface area contributed by atoms with Crippen molar-refractivity contribution in [3.8, 4) is 0 Å². The molecule has 0 aliphatic heterocycles. The summed E-state index contributed by atoms with van der Waals surface area (Å²) in [5.41, 5.74) is 1.24. The molecular weight excluding hydrogens is 236 g/mol. The van der Waals surface area contributed by atoms with Gasteiger partial charge < -0.3 is 10.2 Å².